The molecule has 6 nitrogen and oxygen atoms in total. The van der Waals surface area contributed by atoms with E-state index in [0.717, 1.165) is 0 Å². The van der Waals surface area contributed by atoms with Gasteiger partial charge in [0.05, 0.1) is 5.39 Å². The Bertz CT molecular complexity index is 669. The molecule has 0 saturated heterocycles. The summed E-state index contributed by atoms with van der Waals surface area (Å²) in [7, 11) is 0. The number of halogens is 3. The van der Waals surface area contributed by atoms with E-state index in [-0.39, 0.29) is 29.2 Å². The average molecular weight is 288 g/mol. The molecular formula is C11H11F3N4O2. The number of rotatable bonds is 4. The molecule has 2 N–H and O–H groups in total. The number of aromatic nitrogens is 3. The number of alkyl halides is 3. The maximum absolute atomic E-state index is 12.0. The van der Waals surface area contributed by atoms with Gasteiger partial charge >= 0.3 is 11.9 Å². The first-order chi connectivity index (χ1) is 9.38. The third-order valence-electron chi connectivity index (χ3n) is 2.56. The van der Waals surface area contributed by atoms with Crippen molar-refractivity contribution in [2.24, 2.45) is 0 Å². The van der Waals surface area contributed by atoms with Crippen molar-refractivity contribution in [3.8, 4) is 0 Å². The van der Waals surface area contributed by atoms with Gasteiger partial charge in [0.1, 0.15) is 5.82 Å². The van der Waals surface area contributed by atoms with Gasteiger partial charge < -0.3 is 10.5 Å². The van der Waals surface area contributed by atoms with Gasteiger partial charge in [0, 0.05) is 19.2 Å². The minimum Gasteiger partial charge on any atom is -0.422 e. The van der Waals surface area contributed by atoms with Crippen LogP contribution >= 0.6 is 0 Å². The van der Waals surface area contributed by atoms with E-state index in [1.54, 1.807) is 12.1 Å². The first-order valence-electron chi connectivity index (χ1n) is 5.76. The summed E-state index contributed by atoms with van der Waals surface area (Å²) in [4.78, 5) is 18.8. The zero-order valence-corrected chi connectivity index (χ0v) is 10.2. The third kappa shape index (κ3) is 3.16. The van der Waals surface area contributed by atoms with E-state index in [2.05, 4.69) is 15.3 Å². The van der Waals surface area contributed by atoms with Gasteiger partial charge in [-0.1, -0.05) is 0 Å². The van der Waals surface area contributed by atoms with Gasteiger partial charge in [0.15, 0.2) is 5.65 Å². The molecular weight excluding hydrogens is 277 g/mol. The van der Waals surface area contributed by atoms with E-state index in [1.807, 2.05) is 0 Å². The molecule has 0 saturated carbocycles. The van der Waals surface area contributed by atoms with E-state index in [4.69, 9.17) is 0 Å². The zero-order valence-electron chi connectivity index (χ0n) is 10.2. The fourth-order valence-corrected chi connectivity index (χ4v) is 1.67. The number of nitrogens with one attached hydrogen (secondary N) is 1. The predicted octanol–water partition coefficient (Wildman–Crippen LogP) is 1.78. The van der Waals surface area contributed by atoms with E-state index in [9.17, 15) is 23.2 Å². The Morgan fingerprint density at radius 1 is 1.40 bits per heavy atom. The SMILES string of the molecule is O=c1nc(NCCCC(F)(F)F)c2cccnc2n1O. The van der Waals surface area contributed by atoms with Crippen LogP contribution in [0.4, 0.5) is 19.0 Å². The molecule has 0 radical (unpaired) electrons. The minimum absolute atomic E-state index is 0.00534. The molecule has 9 heteroatoms. The van der Waals surface area contributed by atoms with Crippen molar-refractivity contribution in [1.82, 2.24) is 14.7 Å². The van der Waals surface area contributed by atoms with Crippen LogP contribution in [0.2, 0.25) is 0 Å². The lowest BCUT2D eigenvalue weighted by atomic mass is 10.3. The quantitative estimate of drug-likeness (QED) is 0.662. The van der Waals surface area contributed by atoms with Crippen molar-refractivity contribution < 1.29 is 18.4 Å². The lowest BCUT2D eigenvalue weighted by Crippen LogP contribution is -2.24. The summed E-state index contributed by atoms with van der Waals surface area (Å²) >= 11 is 0. The van der Waals surface area contributed by atoms with E-state index in [0.29, 0.717) is 5.39 Å². The van der Waals surface area contributed by atoms with Crippen LogP contribution in [-0.4, -0.2) is 32.6 Å². The van der Waals surface area contributed by atoms with Crippen LogP contribution in [0, 0.1) is 0 Å². The Hall–Kier alpha value is -2.32. The first-order valence-corrected chi connectivity index (χ1v) is 5.76. The molecule has 0 fully saturated rings. The summed E-state index contributed by atoms with van der Waals surface area (Å²) in [5.41, 5.74) is -0.958. The molecule has 2 aromatic rings. The van der Waals surface area contributed by atoms with E-state index in [1.165, 1.54) is 6.20 Å². The summed E-state index contributed by atoms with van der Waals surface area (Å²) < 4.78 is 36.3. The highest BCUT2D eigenvalue weighted by molar-refractivity contribution is 5.86. The Morgan fingerprint density at radius 3 is 2.85 bits per heavy atom. The molecule has 2 aromatic heterocycles. The highest BCUT2D eigenvalue weighted by Crippen LogP contribution is 2.22. The summed E-state index contributed by atoms with van der Waals surface area (Å²) in [5, 5.41) is 12.5. The number of nitrogens with zero attached hydrogens (tertiary/aromatic N) is 3. The van der Waals surface area contributed by atoms with Gasteiger partial charge in [0.25, 0.3) is 0 Å². The molecule has 0 atom stereocenters. The molecule has 0 spiro atoms. The molecule has 0 aliphatic heterocycles. The van der Waals surface area contributed by atoms with Crippen LogP contribution in [0.15, 0.2) is 23.1 Å². The smallest absolute Gasteiger partial charge is 0.389 e. The fourth-order valence-electron chi connectivity index (χ4n) is 1.67. The van der Waals surface area contributed by atoms with Crippen LogP contribution in [-0.2, 0) is 0 Å². The molecule has 0 aliphatic carbocycles. The molecule has 108 valence electrons. The van der Waals surface area contributed by atoms with Crippen LogP contribution in [0.3, 0.4) is 0 Å². The van der Waals surface area contributed by atoms with Crippen molar-refractivity contribution in [3.05, 3.63) is 28.8 Å². The van der Waals surface area contributed by atoms with Crippen molar-refractivity contribution >= 4 is 16.9 Å². The summed E-state index contributed by atoms with van der Waals surface area (Å²) in [6, 6.07) is 3.11. The van der Waals surface area contributed by atoms with Crippen molar-refractivity contribution in [2.75, 3.05) is 11.9 Å². The van der Waals surface area contributed by atoms with Gasteiger partial charge in [-0.2, -0.15) is 18.2 Å². The summed E-state index contributed by atoms with van der Waals surface area (Å²) in [6.45, 7) is 0.00534. The molecule has 0 aliphatic rings. The Labute approximate surface area is 110 Å². The molecule has 0 bridgehead atoms. The van der Waals surface area contributed by atoms with Crippen LogP contribution in [0.1, 0.15) is 12.8 Å². The Kier molecular flexibility index (Phi) is 3.77. The van der Waals surface area contributed by atoms with E-state index >= 15 is 0 Å². The number of hydrogen-bond acceptors (Lipinski definition) is 5. The summed E-state index contributed by atoms with van der Waals surface area (Å²) in [5.74, 6) is 0.102. The molecule has 2 rings (SSSR count). The van der Waals surface area contributed by atoms with Crippen molar-refractivity contribution in [1.29, 1.82) is 0 Å². The molecule has 0 aromatic carbocycles. The Morgan fingerprint density at radius 2 is 2.15 bits per heavy atom. The largest absolute Gasteiger partial charge is 0.422 e. The summed E-state index contributed by atoms with van der Waals surface area (Å²) in [6.07, 6.45) is -3.91. The lowest BCUT2D eigenvalue weighted by Gasteiger charge is -2.10. The number of pyridine rings is 1. The van der Waals surface area contributed by atoms with Gasteiger partial charge in [-0.05, 0) is 18.6 Å². The van der Waals surface area contributed by atoms with Gasteiger partial charge in [-0.25, -0.2) is 9.78 Å². The predicted molar refractivity (Wildman–Crippen MR) is 64.8 cm³/mol. The molecule has 2 heterocycles. The highest BCUT2D eigenvalue weighted by atomic mass is 19.4. The second kappa shape index (κ2) is 5.35. The van der Waals surface area contributed by atoms with Gasteiger partial charge in [-0.15, -0.1) is 4.73 Å². The van der Waals surface area contributed by atoms with Crippen LogP contribution < -0.4 is 11.0 Å². The minimum atomic E-state index is -4.22. The van der Waals surface area contributed by atoms with Gasteiger partial charge in [-0.3, -0.25) is 0 Å². The lowest BCUT2D eigenvalue weighted by molar-refractivity contribution is -0.134. The second-order valence-electron chi connectivity index (χ2n) is 4.07. The normalized spacial score (nSPS) is 11.8. The number of anilines is 1. The second-order valence-corrected chi connectivity index (χ2v) is 4.07. The van der Waals surface area contributed by atoms with Crippen molar-refractivity contribution in [2.45, 2.75) is 19.0 Å². The zero-order chi connectivity index (χ0) is 14.8. The number of hydrogen-bond donors (Lipinski definition) is 2. The molecule has 0 amide bonds. The van der Waals surface area contributed by atoms with Gasteiger partial charge in [0.2, 0.25) is 0 Å². The van der Waals surface area contributed by atoms with Crippen molar-refractivity contribution in [3.63, 3.8) is 0 Å². The maximum Gasteiger partial charge on any atom is 0.389 e. The molecule has 20 heavy (non-hydrogen) atoms. The fraction of sp³-hybridized carbons (Fsp3) is 0.364. The monoisotopic (exact) mass is 288 g/mol. The average Bonchev–Trinajstić information content (AvgIpc) is 2.39. The standard InChI is InChI=1S/C11H11F3N4O2/c12-11(13,14)4-2-6-15-8-7-3-1-5-16-9(7)18(20)10(19)17-8/h1,3,5,20H,2,4,6H2,(H,15,17,19). The van der Waals surface area contributed by atoms with Crippen LogP contribution in [0.5, 0.6) is 0 Å². The highest BCUT2D eigenvalue weighted by Gasteiger charge is 2.25. The Balaban J connectivity index is 2.18. The first kappa shape index (κ1) is 14.1. The van der Waals surface area contributed by atoms with E-state index < -0.39 is 18.3 Å². The third-order valence-corrected chi connectivity index (χ3v) is 2.56. The maximum atomic E-state index is 12.0. The number of fused-ring (bicyclic) bond motifs is 1. The molecule has 0 unspecified atom stereocenters. The van der Waals surface area contributed by atoms with Crippen LogP contribution in [0.25, 0.3) is 11.0 Å². The topological polar surface area (TPSA) is 80.0 Å².